The van der Waals surface area contributed by atoms with Gasteiger partial charge in [-0.25, -0.2) is 0 Å². The van der Waals surface area contributed by atoms with Crippen LogP contribution in [-0.2, 0) is 6.42 Å². The van der Waals surface area contributed by atoms with E-state index in [1.54, 1.807) is 12.4 Å². The van der Waals surface area contributed by atoms with Gasteiger partial charge in [-0.1, -0.05) is 15.9 Å². The van der Waals surface area contributed by atoms with Crippen LogP contribution >= 0.6 is 38.5 Å². The minimum absolute atomic E-state index is 0.00138. The monoisotopic (exact) mass is 402 g/mol. The van der Waals surface area contributed by atoms with E-state index in [1.165, 1.54) is 9.13 Å². The highest BCUT2D eigenvalue weighted by molar-refractivity contribution is 14.1. The maximum atomic E-state index is 6.24. The van der Waals surface area contributed by atoms with Crippen LogP contribution in [0.3, 0.4) is 0 Å². The third kappa shape index (κ3) is 3.50. The van der Waals surface area contributed by atoms with Crippen LogP contribution < -0.4 is 5.73 Å². The summed E-state index contributed by atoms with van der Waals surface area (Å²) in [5.74, 6) is 0. The first-order chi connectivity index (χ1) is 8.16. The van der Waals surface area contributed by atoms with Gasteiger partial charge in [0.05, 0.1) is 0 Å². The largest absolute Gasteiger partial charge is 0.324 e. The number of aromatic nitrogens is 1. The minimum atomic E-state index is 0.00138. The molecule has 2 N–H and O–H groups in total. The normalized spacial score (nSPS) is 12.4. The number of hydrogen-bond donors (Lipinski definition) is 1. The lowest BCUT2D eigenvalue weighted by molar-refractivity contribution is 0.717. The number of nitrogens with two attached hydrogens (primary N) is 1. The number of rotatable bonds is 3. The standard InChI is InChI=1S/C13H12BrIN2/c14-12-2-1-10(15)8-11(12)13(16)7-9-3-5-17-6-4-9/h1-6,8,13H,7,16H2. The molecule has 0 amide bonds. The Morgan fingerprint density at radius 1 is 1.24 bits per heavy atom. The van der Waals surface area contributed by atoms with Crippen molar-refractivity contribution in [3.63, 3.8) is 0 Å². The van der Waals surface area contributed by atoms with Crippen LogP contribution in [0.2, 0.25) is 0 Å². The first-order valence-corrected chi connectivity index (χ1v) is 7.13. The van der Waals surface area contributed by atoms with E-state index in [1.807, 2.05) is 18.2 Å². The summed E-state index contributed by atoms with van der Waals surface area (Å²) in [6.07, 6.45) is 4.42. The number of hydrogen-bond acceptors (Lipinski definition) is 2. The van der Waals surface area contributed by atoms with E-state index in [2.05, 4.69) is 55.6 Å². The van der Waals surface area contributed by atoms with E-state index in [9.17, 15) is 0 Å². The topological polar surface area (TPSA) is 38.9 Å². The summed E-state index contributed by atoms with van der Waals surface area (Å²) in [5.41, 5.74) is 8.60. The lowest BCUT2D eigenvalue weighted by atomic mass is 10.0. The van der Waals surface area contributed by atoms with E-state index in [4.69, 9.17) is 5.73 Å². The molecule has 17 heavy (non-hydrogen) atoms. The van der Waals surface area contributed by atoms with Crippen LogP contribution in [0.1, 0.15) is 17.2 Å². The van der Waals surface area contributed by atoms with Crippen molar-refractivity contribution in [3.05, 3.63) is 61.9 Å². The van der Waals surface area contributed by atoms with Crippen molar-refractivity contribution in [3.8, 4) is 0 Å². The van der Waals surface area contributed by atoms with E-state index < -0.39 is 0 Å². The van der Waals surface area contributed by atoms with E-state index in [0.29, 0.717) is 0 Å². The number of nitrogens with zero attached hydrogens (tertiary/aromatic N) is 1. The van der Waals surface area contributed by atoms with E-state index in [0.717, 1.165) is 16.5 Å². The van der Waals surface area contributed by atoms with Crippen molar-refractivity contribution in [2.24, 2.45) is 5.73 Å². The summed E-state index contributed by atoms with van der Waals surface area (Å²) in [5, 5.41) is 0. The summed E-state index contributed by atoms with van der Waals surface area (Å²) in [7, 11) is 0. The fourth-order valence-electron chi connectivity index (χ4n) is 1.68. The zero-order valence-electron chi connectivity index (χ0n) is 9.11. The van der Waals surface area contributed by atoms with Gasteiger partial charge in [-0.2, -0.15) is 0 Å². The molecule has 0 aliphatic heterocycles. The van der Waals surface area contributed by atoms with Gasteiger partial charge in [-0.3, -0.25) is 4.98 Å². The molecule has 0 aliphatic rings. The van der Waals surface area contributed by atoms with Crippen molar-refractivity contribution >= 4 is 38.5 Å². The van der Waals surface area contributed by atoms with Crippen LogP contribution in [0.4, 0.5) is 0 Å². The Morgan fingerprint density at radius 3 is 2.65 bits per heavy atom. The second kappa shape index (κ2) is 5.93. The molecule has 1 atom stereocenters. The van der Waals surface area contributed by atoms with E-state index in [-0.39, 0.29) is 6.04 Å². The van der Waals surface area contributed by atoms with Gasteiger partial charge in [0.15, 0.2) is 0 Å². The summed E-state index contributed by atoms with van der Waals surface area (Å²) in [6.45, 7) is 0. The molecule has 1 heterocycles. The highest BCUT2D eigenvalue weighted by atomic mass is 127. The average Bonchev–Trinajstić information content (AvgIpc) is 2.33. The Hall–Kier alpha value is -0.460. The second-order valence-corrected chi connectivity index (χ2v) is 5.93. The van der Waals surface area contributed by atoms with Crippen molar-refractivity contribution in [2.45, 2.75) is 12.5 Å². The molecule has 0 saturated heterocycles. The van der Waals surface area contributed by atoms with Gasteiger partial charge >= 0.3 is 0 Å². The van der Waals surface area contributed by atoms with Gasteiger partial charge in [0, 0.05) is 26.5 Å². The van der Waals surface area contributed by atoms with Gasteiger partial charge in [-0.05, 0) is 70.5 Å². The molecule has 2 nitrogen and oxygen atoms in total. The van der Waals surface area contributed by atoms with E-state index >= 15 is 0 Å². The zero-order chi connectivity index (χ0) is 12.3. The van der Waals surface area contributed by atoms with Crippen LogP contribution in [0, 0.1) is 3.57 Å². The third-order valence-electron chi connectivity index (χ3n) is 2.56. The summed E-state index contributed by atoms with van der Waals surface area (Å²) in [6, 6.07) is 10.2. The molecule has 0 fully saturated rings. The molecule has 0 saturated carbocycles. The van der Waals surface area contributed by atoms with Crippen molar-refractivity contribution in [2.75, 3.05) is 0 Å². The summed E-state index contributed by atoms with van der Waals surface area (Å²) >= 11 is 5.85. The van der Waals surface area contributed by atoms with Gasteiger partial charge in [0.2, 0.25) is 0 Å². The third-order valence-corrected chi connectivity index (χ3v) is 3.96. The quantitative estimate of drug-likeness (QED) is 0.795. The second-order valence-electron chi connectivity index (χ2n) is 3.83. The van der Waals surface area contributed by atoms with Gasteiger partial charge < -0.3 is 5.73 Å². The lowest BCUT2D eigenvalue weighted by Crippen LogP contribution is -2.14. The number of benzene rings is 1. The molecular formula is C13H12BrIN2. The Bertz CT molecular complexity index is 502. The van der Waals surface area contributed by atoms with Crippen LogP contribution in [0.15, 0.2) is 47.2 Å². The average molecular weight is 403 g/mol. The number of pyridine rings is 1. The fourth-order valence-corrected chi connectivity index (χ4v) is 2.74. The molecule has 88 valence electrons. The van der Waals surface area contributed by atoms with Crippen LogP contribution in [0.25, 0.3) is 0 Å². The van der Waals surface area contributed by atoms with Gasteiger partial charge in [-0.15, -0.1) is 0 Å². The molecule has 0 bridgehead atoms. The van der Waals surface area contributed by atoms with Crippen LogP contribution in [-0.4, -0.2) is 4.98 Å². The molecule has 1 unspecified atom stereocenters. The van der Waals surface area contributed by atoms with Crippen molar-refractivity contribution < 1.29 is 0 Å². The predicted octanol–water partition coefficient (Wildman–Crippen LogP) is 3.69. The fraction of sp³-hybridized carbons (Fsp3) is 0.154. The molecular weight excluding hydrogens is 391 g/mol. The minimum Gasteiger partial charge on any atom is -0.324 e. The molecule has 1 aromatic heterocycles. The molecule has 0 spiro atoms. The maximum absolute atomic E-state index is 6.24. The molecule has 4 heteroatoms. The smallest absolute Gasteiger partial charge is 0.0347 e. The Morgan fingerprint density at radius 2 is 1.94 bits per heavy atom. The Labute approximate surface area is 123 Å². The highest BCUT2D eigenvalue weighted by Crippen LogP contribution is 2.26. The maximum Gasteiger partial charge on any atom is 0.0347 e. The Kier molecular flexibility index (Phi) is 4.53. The molecule has 0 radical (unpaired) electrons. The SMILES string of the molecule is NC(Cc1ccncc1)c1cc(I)ccc1Br. The summed E-state index contributed by atoms with van der Waals surface area (Å²) in [4.78, 5) is 4.01. The first kappa shape index (κ1) is 13.0. The lowest BCUT2D eigenvalue weighted by Gasteiger charge is -2.14. The molecule has 2 rings (SSSR count). The highest BCUT2D eigenvalue weighted by Gasteiger charge is 2.11. The first-order valence-electron chi connectivity index (χ1n) is 5.26. The number of halogens is 2. The molecule has 0 aliphatic carbocycles. The Balaban J connectivity index is 2.20. The van der Waals surface area contributed by atoms with Gasteiger partial charge in [0.1, 0.15) is 0 Å². The van der Waals surface area contributed by atoms with Crippen molar-refractivity contribution in [1.82, 2.24) is 4.98 Å². The van der Waals surface area contributed by atoms with Crippen molar-refractivity contribution in [1.29, 1.82) is 0 Å². The van der Waals surface area contributed by atoms with Gasteiger partial charge in [0.25, 0.3) is 0 Å². The predicted molar refractivity (Wildman–Crippen MR) is 81.7 cm³/mol. The van der Waals surface area contributed by atoms with Crippen LogP contribution in [0.5, 0.6) is 0 Å². The molecule has 2 aromatic rings. The molecule has 1 aromatic carbocycles. The zero-order valence-corrected chi connectivity index (χ0v) is 12.8. The summed E-state index contributed by atoms with van der Waals surface area (Å²) < 4.78 is 2.27.